The summed E-state index contributed by atoms with van der Waals surface area (Å²) in [6.07, 6.45) is 3.89. The minimum Gasteiger partial charge on any atom is -0.378 e. The first-order valence-electron chi connectivity index (χ1n) is 5.85. The van der Waals surface area contributed by atoms with E-state index in [0.29, 0.717) is 11.1 Å². The number of nitrogens with two attached hydrogens (primary N) is 1. The first kappa shape index (κ1) is 12.4. The van der Waals surface area contributed by atoms with Crippen LogP contribution in [-0.4, -0.2) is 35.8 Å². The Labute approximate surface area is 106 Å². The van der Waals surface area contributed by atoms with E-state index < -0.39 is 0 Å². The maximum Gasteiger partial charge on any atom is 0.222 e. The first-order chi connectivity index (χ1) is 8.20. The van der Waals surface area contributed by atoms with Crippen LogP contribution in [0.3, 0.4) is 0 Å². The van der Waals surface area contributed by atoms with Crippen LogP contribution < -0.4 is 10.6 Å². The number of piperidine rings is 1. The molecule has 0 unspecified atom stereocenters. The van der Waals surface area contributed by atoms with Crippen molar-refractivity contribution >= 4 is 23.4 Å². The van der Waals surface area contributed by atoms with Crippen molar-refractivity contribution in [1.82, 2.24) is 9.97 Å². The summed E-state index contributed by atoms with van der Waals surface area (Å²) >= 11 is 6.07. The zero-order valence-electron chi connectivity index (χ0n) is 9.90. The van der Waals surface area contributed by atoms with Crippen LogP contribution in [0.15, 0.2) is 6.20 Å². The predicted molar refractivity (Wildman–Crippen MR) is 68.3 cm³/mol. The Kier molecular flexibility index (Phi) is 4.02. The Morgan fingerprint density at radius 1 is 1.53 bits per heavy atom. The van der Waals surface area contributed by atoms with Crippen LogP contribution in [-0.2, 0) is 4.74 Å². The van der Waals surface area contributed by atoms with Gasteiger partial charge >= 0.3 is 0 Å². The molecule has 5 nitrogen and oxygen atoms in total. The summed E-state index contributed by atoms with van der Waals surface area (Å²) in [6.45, 7) is 4.57. The third-order valence-electron chi connectivity index (χ3n) is 2.89. The molecule has 1 aromatic heterocycles. The van der Waals surface area contributed by atoms with Crippen molar-refractivity contribution in [3.05, 3.63) is 11.2 Å². The van der Waals surface area contributed by atoms with Gasteiger partial charge < -0.3 is 15.4 Å². The number of anilines is 2. The molecule has 0 saturated carbocycles. The smallest absolute Gasteiger partial charge is 0.222 e. The van der Waals surface area contributed by atoms with Gasteiger partial charge in [0.1, 0.15) is 5.02 Å². The Hall–Kier alpha value is -1.07. The average molecular weight is 257 g/mol. The third-order valence-corrected chi connectivity index (χ3v) is 3.15. The molecule has 17 heavy (non-hydrogen) atoms. The molecule has 1 aromatic rings. The summed E-state index contributed by atoms with van der Waals surface area (Å²) in [5.74, 6) is 0.991. The molecule has 1 saturated heterocycles. The predicted octanol–water partition coefficient (Wildman–Crippen LogP) is 1.72. The number of nitrogens with zero attached hydrogens (tertiary/aromatic N) is 3. The highest BCUT2D eigenvalue weighted by atomic mass is 35.5. The van der Waals surface area contributed by atoms with Crippen molar-refractivity contribution in [2.24, 2.45) is 0 Å². The molecule has 6 heteroatoms. The Bertz CT molecular complexity index is 380. The minimum atomic E-state index is 0.260. The van der Waals surface area contributed by atoms with Gasteiger partial charge in [0.05, 0.1) is 12.3 Å². The monoisotopic (exact) mass is 256 g/mol. The van der Waals surface area contributed by atoms with Crippen LogP contribution in [0.25, 0.3) is 0 Å². The molecule has 0 radical (unpaired) electrons. The van der Waals surface area contributed by atoms with Crippen LogP contribution in [0.1, 0.15) is 19.8 Å². The van der Waals surface area contributed by atoms with E-state index in [9.17, 15) is 0 Å². The van der Waals surface area contributed by atoms with E-state index in [0.717, 1.165) is 38.4 Å². The molecule has 2 rings (SSSR count). The van der Waals surface area contributed by atoms with Gasteiger partial charge in [0, 0.05) is 19.7 Å². The van der Waals surface area contributed by atoms with E-state index in [2.05, 4.69) is 14.9 Å². The largest absolute Gasteiger partial charge is 0.378 e. The van der Waals surface area contributed by atoms with E-state index in [4.69, 9.17) is 22.1 Å². The summed E-state index contributed by atoms with van der Waals surface area (Å²) in [6, 6.07) is 0. The fourth-order valence-corrected chi connectivity index (χ4v) is 2.27. The zero-order chi connectivity index (χ0) is 12.3. The second-order valence-electron chi connectivity index (χ2n) is 4.04. The minimum absolute atomic E-state index is 0.260. The quantitative estimate of drug-likeness (QED) is 0.892. The lowest BCUT2D eigenvalue weighted by atomic mass is 10.1. The maximum atomic E-state index is 6.07. The third kappa shape index (κ3) is 2.98. The van der Waals surface area contributed by atoms with Crippen molar-refractivity contribution in [3.63, 3.8) is 0 Å². The van der Waals surface area contributed by atoms with Gasteiger partial charge in [-0.25, -0.2) is 4.98 Å². The van der Waals surface area contributed by atoms with E-state index in [1.165, 1.54) is 0 Å². The molecular weight excluding hydrogens is 240 g/mol. The fourth-order valence-electron chi connectivity index (χ4n) is 2.06. The summed E-state index contributed by atoms with van der Waals surface area (Å²) in [4.78, 5) is 10.2. The van der Waals surface area contributed by atoms with Gasteiger partial charge in [0.15, 0.2) is 5.82 Å². The van der Waals surface area contributed by atoms with Crippen LogP contribution in [0.5, 0.6) is 0 Å². The van der Waals surface area contributed by atoms with Gasteiger partial charge in [-0.05, 0) is 19.8 Å². The first-order valence-corrected chi connectivity index (χ1v) is 6.23. The van der Waals surface area contributed by atoms with Gasteiger partial charge in [0.2, 0.25) is 5.95 Å². The highest BCUT2D eigenvalue weighted by Gasteiger charge is 2.22. The zero-order valence-corrected chi connectivity index (χ0v) is 10.7. The second kappa shape index (κ2) is 5.51. The summed E-state index contributed by atoms with van der Waals surface area (Å²) in [5, 5.41) is 0.550. The summed E-state index contributed by atoms with van der Waals surface area (Å²) in [7, 11) is 0. The molecule has 1 fully saturated rings. The number of hydrogen-bond donors (Lipinski definition) is 1. The Morgan fingerprint density at radius 2 is 2.24 bits per heavy atom. The van der Waals surface area contributed by atoms with E-state index in [1.54, 1.807) is 6.20 Å². The maximum absolute atomic E-state index is 6.07. The molecule has 94 valence electrons. The van der Waals surface area contributed by atoms with E-state index in [-0.39, 0.29) is 5.95 Å². The average Bonchev–Trinajstić information content (AvgIpc) is 2.34. The van der Waals surface area contributed by atoms with Gasteiger partial charge in [-0.3, -0.25) is 0 Å². The number of halogens is 1. The molecule has 0 aliphatic carbocycles. The summed E-state index contributed by atoms with van der Waals surface area (Å²) < 4.78 is 5.60. The molecule has 0 spiro atoms. The van der Waals surface area contributed by atoms with Crippen LogP contribution in [0, 0.1) is 0 Å². The van der Waals surface area contributed by atoms with Gasteiger partial charge in [-0.2, -0.15) is 4.98 Å². The molecule has 2 heterocycles. The number of hydrogen-bond acceptors (Lipinski definition) is 5. The van der Waals surface area contributed by atoms with Crippen LogP contribution in [0.2, 0.25) is 5.02 Å². The topological polar surface area (TPSA) is 64.3 Å². The lowest BCUT2D eigenvalue weighted by Crippen LogP contribution is -2.37. The Morgan fingerprint density at radius 3 is 2.88 bits per heavy atom. The van der Waals surface area contributed by atoms with Gasteiger partial charge in [-0.15, -0.1) is 0 Å². The molecule has 2 N–H and O–H groups in total. The lowest BCUT2D eigenvalue weighted by molar-refractivity contribution is 0.0458. The molecule has 0 amide bonds. The normalized spacial score (nSPS) is 17.4. The molecule has 0 bridgehead atoms. The molecule has 1 aliphatic rings. The number of rotatable bonds is 3. The fraction of sp³-hybridized carbons (Fsp3) is 0.636. The SMILES string of the molecule is CCOC1CCN(c2nc(N)ncc2Cl)CC1. The molecule has 0 atom stereocenters. The standard InChI is InChI=1S/C11H17ClN4O/c1-2-17-8-3-5-16(6-4-8)10-9(12)7-14-11(13)15-10/h7-8H,2-6H2,1H3,(H2,13,14,15). The number of nitrogen functional groups attached to an aromatic ring is 1. The van der Waals surface area contributed by atoms with Crippen molar-refractivity contribution < 1.29 is 4.74 Å². The number of aromatic nitrogens is 2. The highest BCUT2D eigenvalue weighted by Crippen LogP contribution is 2.26. The lowest BCUT2D eigenvalue weighted by Gasteiger charge is -2.32. The highest BCUT2D eigenvalue weighted by molar-refractivity contribution is 6.32. The molecule has 0 aromatic carbocycles. The van der Waals surface area contributed by atoms with E-state index >= 15 is 0 Å². The molecule has 1 aliphatic heterocycles. The van der Waals surface area contributed by atoms with Crippen LogP contribution in [0.4, 0.5) is 11.8 Å². The Balaban J connectivity index is 2.02. The van der Waals surface area contributed by atoms with Crippen LogP contribution >= 0.6 is 11.6 Å². The second-order valence-corrected chi connectivity index (χ2v) is 4.45. The summed E-state index contributed by atoms with van der Waals surface area (Å²) in [5.41, 5.74) is 5.58. The number of ether oxygens (including phenoxy) is 1. The van der Waals surface area contributed by atoms with Crippen molar-refractivity contribution in [1.29, 1.82) is 0 Å². The van der Waals surface area contributed by atoms with Crippen molar-refractivity contribution in [3.8, 4) is 0 Å². The van der Waals surface area contributed by atoms with Gasteiger partial charge in [-0.1, -0.05) is 11.6 Å². The van der Waals surface area contributed by atoms with Crippen molar-refractivity contribution in [2.75, 3.05) is 30.3 Å². The van der Waals surface area contributed by atoms with Crippen molar-refractivity contribution in [2.45, 2.75) is 25.9 Å². The molecular formula is C11H17ClN4O. The van der Waals surface area contributed by atoms with Gasteiger partial charge in [0.25, 0.3) is 0 Å². The van der Waals surface area contributed by atoms with E-state index in [1.807, 2.05) is 6.92 Å².